The molecule has 4 rings (SSSR count). The van der Waals surface area contributed by atoms with Crippen LogP contribution >= 0.6 is 0 Å². The lowest BCUT2D eigenvalue weighted by molar-refractivity contribution is 0.0780. The number of carbonyl (C=O) groups excluding carboxylic acids is 1. The first kappa shape index (κ1) is 13.2. The topological polar surface area (TPSA) is 67.5 Å². The standard InChI is InChI=1S/C16H17N3O3/c20-16(12-2-1-3-14-15(12)22-9-8-21-14)19-7-5-11(10-19)13-4-6-17-18-13/h1-4,6,11H,5,7-10H2,(H,17,18)/t11-/m1/s1. The first-order valence-electron chi connectivity index (χ1n) is 7.50. The summed E-state index contributed by atoms with van der Waals surface area (Å²) in [5.41, 5.74) is 1.67. The van der Waals surface area contributed by atoms with Crippen molar-refractivity contribution in [3.8, 4) is 11.5 Å². The predicted molar refractivity (Wildman–Crippen MR) is 79.3 cm³/mol. The van der Waals surface area contributed by atoms with Crippen molar-refractivity contribution < 1.29 is 14.3 Å². The minimum absolute atomic E-state index is 0.00404. The van der Waals surface area contributed by atoms with Crippen LogP contribution in [0.5, 0.6) is 11.5 Å². The highest BCUT2D eigenvalue weighted by Gasteiger charge is 2.31. The average Bonchev–Trinajstić information content (AvgIpc) is 3.24. The van der Waals surface area contributed by atoms with Gasteiger partial charge in [-0.2, -0.15) is 5.10 Å². The van der Waals surface area contributed by atoms with Crippen LogP contribution in [0.25, 0.3) is 0 Å². The van der Waals surface area contributed by atoms with Crippen molar-refractivity contribution in [2.24, 2.45) is 0 Å². The molecule has 0 saturated carbocycles. The van der Waals surface area contributed by atoms with E-state index in [-0.39, 0.29) is 5.91 Å². The summed E-state index contributed by atoms with van der Waals surface area (Å²) in [5.74, 6) is 1.55. The van der Waals surface area contributed by atoms with Crippen LogP contribution in [0.15, 0.2) is 30.5 Å². The lowest BCUT2D eigenvalue weighted by Gasteiger charge is -2.23. The maximum atomic E-state index is 12.8. The molecule has 1 aromatic carbocycles. The van der Waals surface area contributed by atoms with Gasteiger partial charge >= 0.3 is 0 Å². The van der Waals surface area contributed by atoms with E-state index in [2.05, 4.69) is 10.2 Å². The molecule has 6 nitrogen and oxygen atoms in total. The zero-order valence-electron chi connectivity index (χ0n) is 12.1. The number of aromatic amines is 1. The van der Waals surface area contributed by atoms with Gasteiger partial charge in [0.1, 0.15) is 13.2 Å². The van der Waals surface area contributed by atoms with Crippen molar-refractivity contribution in [3.05, 3.63) is 41.7 Å². The van der Waals surface area contributed by atoms with Gasteiger partial charge in [-0.1, -0.05) is 6.07 Å². The van der Waals surface area contributed by atoms with Crippen LogP contribution in [0.1, 0.15) is 28.4 Å². The number of likely N-dealkylation sites (tertiary alicyclic amines) is 1. The fourth-order valence-electron chi connectivity index (χ4n) is 3.11. The van der Waals surface area contributed by atoms with Crippen LogP contribution in [-0.2, 0) is 0 Å². The molecule has 2 aromatic rings. The Bertz CT molecular complexity index is 684. The third kappa shape index (κ3) is 2.20. The normalized spacial score (nSPS) is 20.2. The molecule has 1 atom stereocenters. The van der Waals surface area contributed by atoms with Crippen molar-refractivity contribution in [3.63, 3.8) is 0 Å². The molecule has 1 amide bonds. The summed E-state index contributed by atoms with van der Waals surface area (Å²) >= 11 is 0. The SMILES string of the molecule is O=C(c1cccc2c1OCCO2)N1CC[C@@H](c2ccn[nH]2)C1. The number of hydrogen-bond donors (Lipinski definition) is 1. The summed E-state index contributed by atoms with van der Waals surface area (Å²) in [4.78, 5) is 14.7. The van der Waals surface area contributed by atoms with Crippen LogP contribution < -0.4 is 9.47 Å². The molecule has 0 radical (unpaired) electrons. The van der Waals surface area contributed by atoms with E-state index >= 15 is 0 Å². The zero-order valence-corrected chi connectivity index (χ0v) is 12.1. The van der Waals surface area contributed by atoms with Crippen molar-refractivity contribution in [1.29, 1.82) is 0 Å². The Hall–Kier alpha value is -2.50. The molecule has 114 valence electrons. The Morgan fingerprint density at radius 2 is 2.18 bits per heavy atom. The monoisotopic (exact) mass is 299 g/mol. The van der Waals surface area contributed by atoms with E-state index in [0.717, 1.165) is 18.7 Å². The zero-order chi connectivity index (χ0) is 14.9. The van der Waals surface area contributed by atoms with E-state index in [9.17, 15) is 4.79 Å². The molecule has 2 aliphatic rings. The van der Waals surface area contributed by atoms with Crippen LogP contribution in [-0.4, -0.2) is 47.3 Å². The molecule has 22 heavy (non-hydrogen) atoms. The third-order valence-electron chi connectivity index (χ3n) is 4.23. The Morgan fingerprint density at radius 3 is 3.05 bits per heavy atom. The van der Waals surface area contributed by atoms with Gasteiger partial charge in [-0.05, 0) is 24.6 Å². The van der Waals surface area contributed by atoms with Crippen LogP contribution in [0, 0.1) is 0 Å². The number of aromatic nitrogens is 2. The second-order valence-corrected chi connectivity index (χ2v) is 5.58. The van der Waals surface area contributed by atoms with E-state index in [4.69, 9.17) is 9.47 Å². The first-order valence-corrected chi connectivity index (χ1v) is 7.50. The smallest absolute Gasteiger partial charge is 0.257 e. The molecule has 0 unspecified atom stereocenters. The third-order valence-corrected chi connectivity index (χ3v) is 4.23. The van der Waals surface area contributed by atoms with Gasteiger partial charge in [-0.15, -0.1) is 0 Å². The number of fused-ring (bicyclic) bond motifs is 1. The molecule has 1 fully saturated rings. The molecule has 3 heterocycles. The highest BCUT2D eigenvalue weighted by atomic mass is 16.6. The van der Waals surface area contributed by atoms with E-state index in [1.54, 1.807) is 12.3 Å². The minimum atomic E-state index is 0.00404. The number of ether oxygens (including phenoxy) is 2. The van der Waals surface area contributed by atoms with Crippen molar-refractivity contribution in [2.75, 3.05) is 26.3 Å². The van der Waals surface area contributed by atoms with Crippen molar-refractivity contribution in [2.45, 2.75) is 12.3 Å². The van der Waals surface area contributed by atoms with Crippen LogP contribution in [0.4, 0.5) is 0 Å². The number of para-hydroxylation sites is 1. The quantitative estimate of drug-likeness (QED) is 0.918. The number of carbonyl (C=O) groups is 1. The number of benzene rings is 1. The number of nitrogens with zero attached hydrogens (tertiary/aromatic N) is 2. The summed E-state index contributed by atoms with van der Waals surface area (Å²) in [7, 11) is 0. The van der Waals surface area contributed by atoms with Crippen LogP contribution in [0.3, 0.4) is 0 Å². The maximum Gasteiger partial charge on any atom is 0.257 e. The average molecular weight is 299 g/mol. The second-order valence-electron chi connectivity index (χ2n) is 5.58. The van der Waals surface area contributed by atoms with Gasteiger partial charge in [0.15, 0.2) is 11.5 Å². The van der Waals surface area contributed by atoms with E-state index in [1.165, 1.54) is 0 Å². The minimum Gasteiger partial charge on any atom is -0.486 e. The lowest BCUT2D eigenvalue weighted by Crippen LogP contribution is -2.29. The molecule has 0 aliphatic carbocycles. The molecule has 0 bridgehead atoms. The van der Waals surface area contributed by atoms with Gasteiger partial charge in [0.25, 0.3) is 5.91 Å². The van der Waals surface area contributed by atoms with Gasteiger partial charge in [0, 0.05) is 30.9 Å². The van der Waals surface area contributed by atoms with Gasteiger partial charge in [0.05, 0.1) is 5.56 Å². The molecule has 1 aromatic heterocycles. The summed E-state index contributed by atoms with van der Waals surface area (Å²) in [5, 5.41) is 6.98. The fraction of sp³-hybridized carbons (Fsp3) is 0.375. The molecule has 0 spiro atoms. The van der Waals surface area contributed by atoms with Crippen LogP contribution in [0.2, 0.25) is 0 Å². The van der Waals surface area contributed by atoms with Gasteiger partial charge in [-0.3, -0.25) is 9.89 Å². The molecule has 6 heteroatoms. The predicted octanol–water partition coefficient (Wildman–Crippen LogP) is 1.81. The number of nitrogens with one attached hydrogen (secondary N) is 1. The van der Waals surface area contributed by atoms with E-state index in [1.807, 2.05) is 23.1 Å². The summed E-state index contributed by atoms with van der Waals surface area (Å²) in [6.07, 6.45) is 2.69. The number of H-pyrrole nitrogens is 1. The van der Waals surface area contributed by atoms with Gasteiger partial charge in [-0.25, -0.2) is 0 Å². The van der Waals surface area contributed by atoms with E-state index < -0.39 is 0 Å². The Balaban J connectivity index is 1.56. The molecular weight excluding hydrogens is 282 g/mol. The maximum absolute atomic E-state index is 12.8. The van der Waals surface area contributed by atoms with Crippen molar-refractivity contribution >= 4 is 5.91 Å². The molecule has 2 aliphatic heterocycles. The number of amides is 1. The molecule has 1 N–H and O–H groups in total. The largest absolute Gasteiger partial charge is 0.486 e. The Kier molecular flexibility index (Phi) is 3.21. The number of rotatable bonds is 2. The summed E-state index contributed by atoms with van der Waals surface area (Å²) in [6.45, 7) is 2.45. The Labute approximate surface area is 128 Å². The van der Waals surface area contributed by atoms with Crippen molar-refractivity contribution in [1.82, 2.24) is 15.1 Å². The fourth-order valence-corrected chi connectivity index (χ4v) is 3.11. The van der Waals surface area contributed by atoms with Gasteiger partial charge in [0.2, 0.25) is 0 Å². The Morgan fingerprint density at radius 1 is 1.27 bits per heavy atom. The molecular formula is C16H17N3O3. The highest BCUT2D eigenvalue weighted by Crippen LogP contribution is 2.35. The first-order chi connectivity index (χ1) is 10.8. The number of hydrogen-bond acceptors (Lipinski definition) is 4. The highest BCUT2D eigenvalue weighted by molar-refractivity contribution is 5.98. The molecule has 1 saturated heterocycles. The second kappa shape index (κ2) is 5.36. The summed E-state index contributed by atoms with van der Waals surface area (Å²) in [6, 6.07) is 7.45. The van der Waals surface area contributed by atoms with Gasteiger partial charge < -0.3 is 14.4 Å². The van der Waals surface area contributed by atoms with E-state index in [0.29, 0.717) is 42.7 Å². The lowest BCUT2D eigenvalue weighted by atomic mass is 10.1. The summed E-state index contributed by atoms with van der Waals surface area (Å²) < 4.78 is 11.2.